The van der Waals surface area contributed by atoms with Gasteiger partial charge in [-0.15, -0.1) is 24.8 Å². The normalized spacial score (nSPS) is 7.42. The van der Waals surface area contributed by atoms with Gasteiger partial charge in [-0.05, 0) is 12.1 Å². The maximum absolute atomic E-state index is 10.5. The summed E-state index contributed by atoms with van der Waals surface area (Å²) in [6.07, 6.45) is 0. The third-order valence-electron chi connectivity index (χ3n) is 1.09. The Balaban J connectivity index is 0. The lowest BCUT2D eigenvalue weighted by atomic mass is 10.3. The summed E-state index contributed by atoms with van der Waals surface area (Å²) < 4.78 is 0. The van der Waals surface area contributed by atoms with Crippen LogP contribution in [0.4, 0.5) is 5.69 Å². The third kappa shape index (κ3) is 4.99. The van der Waals surface area contributed by atoms with E-state index in [2.05, 4.69) is 5.32 Å². The Morgan fingerprint density at radius 3 is 2.08 bits per heavy atom. The number of para-hydroxylation sites is 1. The molecule has 1 rings (SSSR count). The predicted octanol–water partition coefficient (Wildman–Crippen LogP) is 2.49. The minimum absolute atomic E-state index is 0. The van der Waals surface area contributed by atoms with Crippen molar-refractivity contribution in [3.8, 4) is 0 Å². The largest absolute Gasteiger partial charge is 0.326 e. The summed E-state index contributed by atoms with van der Waals surface area (Å²) in [7, 11) is 0. The summed E-state index contributed by atoms with van der Waals surface area (Å²) in [5.41, 5.74) is 0.843. The number of hydrogen-bond acceptors (Lipinski definition) is 1. The summed E-state index contributed by atoms with van der Waals surface area (Å²) >= 11 is 0. The van der Waals surface area contributed by atoms with E-state index in [1.165, 1.54) is 6.92 Å². The summed E-state index contributed by atoms with van der Waals surface area (Å²) in [4.78, 5) is 10.5. The van der Waals surface area contributed by atoms with Crippen molar-refractivity contribution in [1.82, 2.24) is 0 Å². The van der Waals surface area contributed by atoms with E-state index >= 15 is 0 Å². The van der Waals surface area contributed by atoms with Gasteiger partial charge in [-0.25, -0.2) is 0 Å². The summed E-state index contributed by atoms with van der Waals surface area (Å²) in [5.74, 6) is -0.0359. The van der Waals surface area contributed by atoms with Crippen molar-refractivity contribution in [2.75, 3.05) is 5.32 Å². The van der Waals surface area contributed by atoms with Crippen LogP contribution in [0, 0.1) is 0 Å². The van der Waals surface area contributed by atoms with E-state index in [0.29, 0.717) is 0 Å². The van der Waals surface area contributed by atoms with Crippen molar-refractivity contribution in [2.24, 2.45) is 0 Å². The van der Waals surface area contributed by atoms with Gasteiger partial charge in [0.25, 0.3) is 0 Å². The van der Waals surface area contributed by atoms with Crippen LogP contribution in [-0.2, 0) is 4.79 Å². The second kappa shape index (κ2) is 6.95. The molecule has 1 aromatic rings. The fourth-order valence-electron chi connectivity index (χ4n) is 0.725. The highest BCUT2D eigenvalue weighted by molar-refractivity contribution is 5.88. The first-order valence-corrected chi connectivity index (χ1v) is 3.11. The van der Waals surface area contributed by atoms with Gasteiger partial charge >= 0.3 is 0 Å². The predicted molar refractivity (Wildman–Crippen MR) is 55.2 cm³/mol. The molecule has 0 spiro atoms. The molecule has 0 fully saturated rings. The van der Waals surface area contributed by atoms with Crippen molar-refractivity contribution in [3.63, 3.8) is 0 Å². The zero-order chi connectivity index (χ0) is 7.40. The van der Waals surface area contributed by atoms with Gasteiger partial charge in [-0.1, -0.05) is 18.2 Å². The van der Waals surface area contributed by atoms with E-state index in [4.69, 9.17) is 0 Å². The first-order chi connectivity index (χ1) is 4.79. The zero-order valence-electron chi connectivity index (χ0n) is 6.61. The molecule has 1 aromatic carbocycles. The average molecular weight is 208 g/mol. The number of rotatable bonds is 1. The molecular weight excluding hydrogens is 197 g/mol. The minimum Gasteiger partial charge on any atom is -0.326 e. The second-order valence-corrected chi connectivity index (χ2v) is 2.05. The van der Waals surface area contributed by atoms with Crippen LogP contribution in [0.2, 0.25) is 0 Å². The summed E-state index contributed by atoms with van der Waals surface area (Å²) in [6.45, 7) is 1.49. The van der Waals surface area contributed by atoms with E-state index in [9.17, 15) is 4.79 Å². The van der Waals surface area contributed by atoms with Crippen molar-refractivity contribution in [3.05, 3.63) is 30.3 Å². The lowest BCUT2D eigenvalue weighted by Gasteiger charge is -1.98. The first kappa shape index (κ1) is 13.8. The van der Waals surface area contributed by atoms with Crippen molar-refractivity contribution in [2.45, 2.75) is 6.92 Å². The van der Waals surface area contributed by atoms with E-state index in [1.54, 1.807) is 0 Å². The van der Waals surface area contributed by atoms with Crippen molar-refractivity contribution < 1.29 is 4.79 Å². The van der Waals surface area contributed by atoms with Gasteiger partial charge in [0.05, 0.1) is 0 Å². The lowest BCUT2D eigenvalue weighted by Crippen LogP contribution is -2.04. The molecule has 0 aliphatic carbocycles. The highest BCUT2D eigenvalue weighted by Crippen LogP contribution is 2.03. The summed E-state index contributed by atoms with van der Waals surface area (Å²) in [6, 6.07) is 9.37. The van der Waals surface area contributed by atoms with Crippen LogP contribution >= 0.6 is 24.8 Å². The standard InChI is InChI=1S/C8H9NO.2ClH/c1-7(10)9-8-5-3-2-4-6-8;;/h2-6H,1H3,(H,9,10);2*1H. The number of carbonyl (C=O) groups excluding carboxylic acids is 1. The molecule has 0 aliphatic rings. The molecule has 0 bridgehead atoms. The van der Waals surface area contributed by atoms with Crippen LogP contribution in [0.5, 0.6) is 0 Å². The SMILES string of the molecule is CC(=O)Nc1ccccc1.Cl.Cl. The smallest absolute Gasteiger partial charge is 0.221 e. The van der Waals surface area contributed by atoms with Gasteiger partial charge in [0, 0.05) is 12.6 Å². The molecule has 0 aromatic heterocycles. The quantitative estimate of drug-likeness (QED) is 0.754. The van der Waals surface area contributed by atoms with Crippen molar-refractivity contribution in [1.29, 1.82) is 0 Å². The van der Waals surface area contributed by atoms with E-state index in [1.807, 2.05) is 30.3 Å². The fourth-order valence-corrected chi connectivity index (χ4v) is 0.725. The van der Waals surface area contributed by atoms with Crippen LogP contribution in [0.3, 0.4) is 0 Å². The number of carbonyl (C=O) groups is 1. The maximum atomic E-state index is 10.5. The molecule has 1 amide bonds. The van der Waals surface area contributed by atoms with Crippen LogP contribution in [0.15, 0.2) is 30.3 Å². The highest BCUT2D eigenvalue weighted by atomic mass is 35.5. The minimum atomic E-state index is -0.0359. The molecule has 0 radical (unpaired) electrons. The number of anilines is 1. The topological polar surface area (TPSA) is 29.1 Å². The van der Waals surface area contributed by atoms with E-state index in [-0.39, 0.29) is 30.7 Å². The third-order valence-corrected chi connectivity index (χ3v) is 1.09. The fraction of sp³-hybridized carbons (Fsp3) is 0.125. The van der Waals surface area contributed by atoms with E-state index in [0.717, 1.165) is 5.69 Å². The second-order valence-electron chi connectivity index (χ2n) is 2.05. The Bertz CT molecular complexity index is 226. The molecule has 0 unspecified atom stereocenters. The molecule has 0 heterocycles. The van der Waals surface area contributed by atoms with Gasteiger partial charge in [-0.3, -0.25) is 4.79 Å². The number of halogens is 2. The Morgan fingerprint density at radius 2 is 1.67 bits per heavy atom. The van der Waals surface area contributed by atoms with Crippen LogP contribution in [0.1, 0.15) is 6.92 Å². The number of amides is 1. The lowest BCUT2D eigenvalue weighted by molar-refractivity contribution is -0.114. The van der Waals surface area contributed by atoms with Gasteiger partial charge < -0.3 is 5.32 Å². The molecule has 0 saturated heterocycles. The zero-order valence-corrected chi connectivity index (χ0v) is 8.24. The number of benzene rings is 1. The van der Waals surface area contributed by atoms with Crippen LogP contribution in [-0.4, -0.2) is 5.91 Å². The highest BCUT2D eigenvalue weighted by Gasteiger charge is 1.90. The Kier molecular flexibility index (Phi) is 8.01. The molecule has 12 heavy (non-hydrogen) atoms. The van der Waals surface area contributed by atoms with E-state index < -0.39 is 0 Å². The van der Waals surface area contributed by atoms with Crippen LogP contribution < -0.4 is 5.32 Å². The van der Waals surface area contributed by atoms with Gasteiger partial charge in [0.15, 0.2) is 0 Å². The van der Waals surface area contributed by atoms with Gasteiger partial charge in [0.2, 0.25) is 5.91 Å². The monoisotopic (exact) mass is 207 g/mol. The van der Waals surface area contributed by atoms with Gasteiger partial charge in [-0.2, -0.15) is 0 Å². The molecule has 4 heteroatoms. The number of nitrogens with one attached hydrogen (secondary N) is 1. The molecule has 0 saturated carbocycles. The first-order valence-electron chi connectivity index (χ1n) is 3.11. The molecule has 2 nitrogen and oxygen atoms in total. The molecular formula is C8H11Cl2NO. The molecule has 0 aliphatic heterocycles. The Labute approximate surface area is 84.2 Å². The number of hydrogen-bond donors (Lipinski definition) is 1. The average Bonchev–Trinajstić information content (AvgIpc) is 1.88. The van der Waals surface area contributed by atoms with Crippen molar-refractivity contribution >= 4 is 36.4 Å². The maximum Gasteiger partial charge on any atom is 0.221 e. The van der Waals surface area contributed by atoms with Crippen LogP contribution in [0.25, 0.3) is 0 Å². The molecule has 68 valence electrons. The molecule has 0 atom stereocenters. The Hall–Kier alpha value is -0.730. The Morgan fingerprint density at radius 1 is 1.17 bits per heavy atom. The summed E-state index contributed by atoms with van der Waals surface area (Å²) in [5, 5.41) is 2.67. The van der Waals surface area contributed by atoms with Gasteiger partial charge in [0.1, 0.15) is 0 Å². The molecule has 1 N–H and O–H groups in total.